The second-order valence-electron chi connectivity index (χ2n) is 12.0. The first kappa shape index (κ1) is 27.0. The van der Waals surface area contributed by atoms with Crippen LogP contribution < -0.4 is 0 Å². The van der Waals surface area contributed by atoms with Crippen molar-refractivity contribution in [2.24, 2.45) is 18.0 Å². The number of aliphatic imine (C=N–C) groups is 1. The van der Waals surface area contributed by atoms with Gasteiger partial charge in [-0.1, -0.05) is 48.5 Å². The van der Waals surface area contributed by atoms with Crippen LogP contribution in [0.4, 0.5) is 0 Å². The third-order valence-corrected chi connectivity index (χ3v) is 9.18. The van der Waals surface area contributed by atoms with Gasteiger partial charge in [0.1, 0.15) is 17.5 Å². The third kappa shape index (κ3) is 5.05. The maximum absolute atomic E-state index is 14.0. The first-order valence-electron chi connectivity index (χ1n) is 15.1. The second-order valence-corrected chi connectivity index (χ2v) is 12.0. The van der Waals surface area contributed by atoms with Crippen molar-refractivity contribution in [1.29, 1.82) is 0 Å². The maximum atomic E-state index is 14.0. The van der Waals surface area contributed by atoms with E-state index >= 15 is 0 Å². The van der Waals surface area contributed by atoms with Crippen LogP contribution in [0, 0.1) is 5.92 Å². The molecule has 9 heteroatoms. The molecule has 2 atom stereocenters. The monoisotopic (exact) mass is 567 g/mol. The summed E-state index contributed by atoms with van der Waals surface area (Å²) in [4.78, 5) is 35.9. The Hall–Kier alpha value is -3.82. The predicted molar refractivity (Wildman–Crippen MR) is 159 cm³/mol. The largest absolute Gasteiger partial charge is 0.381 e. The lowest BCUT2D eigenvalue weighted by Crippen LogP contribution is -2.47. The van der Waals surface area contributed by atoms with E-state index in [1.165, 1.54) is 0 Å². The van der Waals surface area contributed by atoms with Crippen molar-refractivity contribution in [1.82, 2.24) is 19.6 Å². The van der Waals surface area contributed by atoms with E-state index in [0.29, 0.717) is 52.3 Å². The van der Waals surface area contributed by atoms with E-state index in [2.05, 4.69) is 53.6 Å². The molecule has 4 aliphatic heterocycles. The number of rotatable bonds is 6. The average Bonchev–Trinajstić information content (AvgIpc) is 3.84. The number of ether oxygens (including phenoxy) is 2. The summed E-state index contributed by atoms with van der Waals surface area (Å²) in [6, 6.07) is 16.8. The molecule has 2 aromatic carbocycles. The maximum Gasteiger partial charge on any atom is 0.256 e. The molecule has 218 valence electrons. The fourth-order valence-electron chi connectivity index (χ4n) is 6.74. The smallest absolute Gasteiger partial charge is 0.256 e. The molecule has 2 unspecified atom stereocenters. The van der Waals surface area contributed by atoms with Gasteiger partial charge in [-0.05, 0) is 41.9 Å². The number of hydrogen-bond donors (Lipinski definition) is 0. The molecule has 0 aliphatic carbocycles. The van der Waals surface area contributed by atoms with Crippen LogP contribution in [0.3, 0.4) is 0 Å². The van der Waals surface area contributed by atoms with Crippen LogP contribution in [-0.4, -0.2) is 88.3 Å². The molecule has 42 heavy (non-hydrogen) atoms. The van der Waals surface area contributed by atoms with Crippen molar-refractivity contribution >= 4 is 17.6 Å². The van der Waals surface area contributed by atoms with Gasteiger partial charge in [0, 0.05) is 76.7 Å². The topological polar surface area (TPSA) is 89.3 Å². The van der Waals surface area contributed by atoms with E-state index in [0.717, 1.165) is 52.9 Å². The van der Waals surface area contributed by atoms with Gasteiger partial charge >= 0.3 is 0 Å². The summed E-state index contributed by atoms with van der Waals surface area (Å²) < 4.78 is 13.1. The molecule has 3 fully saturated rings. The molecule has 2 amide bonds. The van der Waals surface area contributed by atoms with Crippen LogP contribution in [-0.2, 0) is 26.1 Å². The Morgan fingerprint density at radius 2 is 1.60 bits per heavy atom. The summed E-state index contributed by atoms with van der Waals surface area (Å²) in [7, 11) is 1.92. The molecule has 0 bridgehead atoms. The molecule has 7 rings (SSSR count). The van der Waals surface area contributed by atoms with Gasteiger partial charge in [-0.2, -0.15) is 5.10 Å². The Morgan fingerprint density at radius 3 is 2.21 bits per heavy atom. The number of carbonyl (C=O) groups is 2. The van der Waals surface area contributed by atoms with Crippen LogP contribution in [0.1, 0.15) is 37.7 Å². The number of hydrogen-bond acceptors (Lipinski definition) is 6. The van der Waals surface area contributed by atoms with Gasteiger partial charge in [0.2, 0.25) is 0 Å². The molecular weight excluding hydrogens is 530 g/mol. The van der Waals surface area contributed by atoms with Gasteiger partial charge in [-0.15, -0.1) is 0 Å². The Bertz CT molecular complexity index is 1480. The molecule has 9 nitrogen and oxygen atoms in total. The van der Waals surface area contributed by atoms with Crippen LogP contribution in [0.25, 0.3) is 22.3 Å². The molecule has 4 aliphatic rings. The zero-order valence-corrected chi connectivity index (χ0v) is 24.1. The highest BCUT2D eigenvalue weighted by molar-refractivity contribution is 6.15. The Kier molecular flexibility index (Phi) is 7.15. The van der Waals surface area contributed by atoms with Gasteiger partial charge in [-0.25, -0.2) is 0 Å². The molecule has 0 radical (unpaired) electrons. The van der Waals surface area contributed by atoms with Crippen molar-refractivity contribution in [2.45, 2.75) is 43.7 Å². The highest BCUT2D eigenvalue weighted by Gasteiger charge is 2.50. The van der Waals surface area contributed by atoms with Crippen LogP contribution >= 0.6 is 0 Å². The fourth-order valence-corrected chi connectivity index (χ4v) is 6.74. The number of aryl methyl sites for hydroxylation is 1. The van der Waals surface area contributed by atoms with E-state index in [-0.39, 0.29) is 23.8 Å². The fraction of sp³-hybridized carbons (Fsp3) is 0.455. The van der Waals surface area contributed by atoms with E-state index in [1.54, 1.807) is 4.68 Å². The number of aromatic nitrogens is 2. The lowest BCUT2D eigenvalue weighted by Gasteiger charge is -2.30. The summed E-state index contributed by atoms with van der Waals surface area (Å²) in [6.07, 6.45) is 7.39. The van der Waals surface area contributed by atoms with Gasteiger partial charge < -0.3 is 14.4 Å². The zero-order chi connectivity index (χ0) is 28.7. The van der Waals surface area contributed by atoms with Gasteiger partial charge in [0.25, 0.3) is 11.8 Å². The number of benzene rings is 2. The number of amides is 2. The average molecular weight is 568 g/mol. The molecule has 3 aromatic rings. The first-order valence-corrected chi connectivity index (χ1v) is 15.1. The Labute approximate surface area is 246 Å². The minimum Gasteiger partial charge on any atom is -0.381 e. The SMILES string of the molecule is Cn1cc(-c2ccc(-c3ccc(C4=NC5(CCOCC5)C(=O)N4CC4CCN(C(=O)C5CCCO5)C4)cc3)cc2)cn1. The van der Waals surface area contributed by atoms with Crippen LogP contribution in [0.2, 0.25) is 0 Å². The molecule has 0 saturated carbocycles. The Morgan fingerprint density at radius 1 is 0.929 bits per heavy atom. The minimum absolute atomic E-state index is 0.0692. The number of carbonyl (C=O) groups excluding carboxylic acids is 2. The van der Waals surface area contributed by atoms with Gasteiger partial charge in [-0.3, -0.25) is 24.2 Å². The molecule has 1 aromatic heterocycles. The van der Waals surface area contributed by atoms with Crippen molar-refractivity contribution in [3.63, 3.8) is 0 Å². The lowest BCUT2D eigenvalue weighted by molar-refractivity contribution is -0.139. The molecular formula is C33H37N5O4. The summed E-state index contributed by atoms with van der Waals surface area (Å²) in [5.41, 5.74) is 4.63. The third-order valence-electron chi connectivity index (χ3n) is 9.18. The van der Waals surface area contributed by atoms with Crippen molar-refractivity contribution < 1.29 is 19.1 Å². The summed E-state index contributed by atoms with van der Waals surface area (Å²) in [5, 5.41) is 4.27. The highest BCUT2D eigenvalue weighted by atomic mass is 16.5. The number of amidine groups is 1. The lowest BCUT2D eigenvalue weighted by atomic mass is 9.90. The first-order chi connectivity index (χ1) is 20.5. The van der Waals surface area contributed by atoms with E-state index in [1.807, 2.05) is 29.2 Å². The quantitative estimate of drug-likeness (QED) is 0.451. The second kappa shape index (κ2) is 11.1. The zero-order valence-electron chi connectivity index (χ0n) is 24.1. The van der Waals surface area contributed by atoms with Crippen LogP contribution in [0.5, 0.6) is 0 Å². The molecule has 0 N–H and O–H groups in total. The van der Waals surface area contributed by atoms with Crippen LogP contribution in [0.15, 0.2) is 65.9 Å². The molecule has 1 spiro atoms. The highest BCUT2D eigenvalue weighted by Crippen LogP contribution is 2.36. The van der Waals surface area contributed by atoms with Gasteiger partial charge in [0.05, 0.1) is 6.20 Å². The number of nitrogens with zero attached hydrogens (tertiary/aromatic N) is 5. The summed E-state index contributed by atoms with van der Waals surface area (Å²) in [5.74, 6) is 1.11. The Balaban J connectivity index is 1.10. The summed E-state index contributed by atoms with van der Waals surface area (Å²) in [6.45, 7) is 3.67. The van der Waals surface area contributed by atoms with Crippen molar-refractivity contribution in [3.05, 3.63) is 66.5 Å². The van der Waals surface area contributed by atoms with Crippen molar-refractivity contribution in [3.8, 4) is 22.3 Å². The number of likely N-dealkylation sites (tertiary alicyclic amines) is 1. The normalized spacial score (nSPS) is 23.6. The van der Waals surface area contributed by atoms with Gasteiger partial charge in [0.15, 0.2) is 0 Å². The molecule has 5 heterocycles. The van der Waals surface area contributed by atoms with E-state index < -0.39 is 5.54 Å². The predicted octanol–water partition coefficient (Wildman–Crippen LogP) is 3.92. The van der Waals surface area contributed by atoms with Crippen molar-refractivity contribution in [2.75, 3.05) is 39.5 Å². The van der Waals surface area contributed by atoms with E-state index in [9.17, 15) is 9.59 Å². The minimum atomic E-state index is -0.750. The standard InChI is InChI=1S/C33H37N5O4/c1-36-22-28(19-34-36)26-6-4-24(5-7-26)25-8-10-27(11-9-25)30-35-33(13-17-41-18-14-33)32(40)38(30)21-23-12-15-37(20-23)31(39)29-3-2-16-42-29/h4-11,19,22-23,29H,2-3,12-18,20-21H2,1H3. The van der Waals surface area contributed by atoms with E-state index in [4.69, 9.17) is 14.5 Å². The molecule has 3 saturated heterocycles. The summed E-state index contributed by atoms with van der Waals surface area (Å²) >= 11 is 0.